The summed E-state index contributed by atoms with van der Waals surface area (Å²) in [6.45, 7) is 0.0894. The van der Waals surface area contributed by atoms with Crippen molar-refractivity contribution in [2.75, 3.05) is 5.32 Å². The molecule has 29 heavy (non-hydrogen) atoms. The van der Waals surface area contributed by atoms with Gasteiger partial charge in [-0.05, 0) is 17.7 Å². The fourth-order valence-electron chi connectivity index (χ4n) is 2.17. The Kier molecular flexibility index (Phi) is 7.04. The van der Waals surface area contributed by atoms with Crippen molar-refractivity contribution in [2.24, 2.45) is 0 Å². The highest BCUT2D eigenvalue weighted by Crippen LogP contribution is 2.22. The number of aliphatic hydroxyl groups is 1. The third-order valence-electron chi connectivity index (χ3n) is 3.58. The minimum absolute atomic E-state index is 0.00990. The van der Waals surface area contributed by atoms with E-state index in [1.54, 1.807) is 23.6 Å². The third-order valence-corrected chi connectivity index (χ3v) is 5.13. The lowest BCUT2D eigenvalue weighted by Gasteiger charge is -2.06. The van der Waals surface area contributed by atoms with Crippen molar-refractivity contribution in [3.8, 4) is 0 Å². The first-order valence-electron chi connectivity index (χ1n) is 8.22. The molecule has 9 nitrogen and oxygen atoms in total. The van der Waals surface area contributed by atoms with Crippen LogP contribution in [0.5, 0.6) is 0 Å². The van der Waals surface area contributed by atoms with E-state index in [1.165, 1.54) is 17.4 Å². The fraction of sp³-hybridized carbons (Fsp3) is 0.176. The van der Waals surface area contributed by atoms with Crippen LogP contribution in [-0.2, 0) is 19.7 Å². The number of anilines is 1. The van der Waals surface area contributed by atoms with Crippen LogP contribution in [0.15, 0.2) is 34.2 Å². The molecule has 3 rings (SSSR count). The minimum Gasteiger partial charge on any atom is -0.390 e. The van der Waals surface area contributed by atoms with E-state index in [2.05, 4.69) is 26.1 Å². The number of amides is 3. The summed E-state index contributed by atoms with van der Waals surface area (Å²) in [6.07, 6.45) is 0. The molecule has 2 aromatic heterocycles. The van der Waals surface area contributed by atoms with Crippen molar-refractivity contribution in [2.45, 2.75) is 19.7 Å². The van der Waals surface area contributed by atoms with E-state index in [1.807, 2.05) is 0 Å². The molecule has 0 aliphatic rings. The molecule has 0 unspecified atom stereocenters. The van der Waals surface area contributed by atoms with Crippen LogP contribution >= 0.6 is 34.5 Å². The molecular formula is C17H15Cl2N5O4S. The van der Waals surface area contributed by atoms with Crippen LogP contribution in [0.4, 0.5) is 9.93 Å². The first-order valence-corrected chi connectivity index (χ1v) is 9.86. The van der Waals surface area contributed by atoms with E-state index >= 15 is 0 Å². The van der Waals surface area contributed by atoms with Crippen molar-refractivity contribution in [1.82, 2.24) is 20.8 Å². The van der Waals surface area contributed by atoms with Gasteiger partial charge in [0.15, 0.2) is 5.13 Å². The number of aromatic nitrogens is 2. The van der Waals surface area contributed by atoms with E-state index < -0.39 is 11.9 Å². The Balaban J connectivity index is 1.46. The van der Waals surface area contributed by atoms with Crippen molar-refractivity contribution < 1.29 is 19.2 Å². The van der Waals surface area contributed by atoms with Crippen LogP contribution in [0.2, 0.25) is 10.0 Å². The van der Waals surface area contributed by atoms with E-state index in [0.717, 1.165) is 5.56 Å². The number of thiazole rings is 1. The van der Waals surface area contributed by atoms with E-state index in [9.17, 15) is 9.59 Å². The molecule has 0 atom stereocenters. The molecular weight excluding hydrogens is 441 g/mol. The lowest BCUT2D eigenvalue weighted by Crippen LogP contribution is -2.28. The highest BCUT2D eigenvalue weighted by molar-refractivity contribution is 7.13. The number of benzene rings is 1. The third kappa shape index (κ3) is 5.91. The Labute approximate surface area is 179 Å². The summed E-state index contributed by atoms with van der Waals surface area (Å²) in [4.78, 5) is 28.2. The van der Waals surface area contributed by atoms with Crippen LogP contribution < -0.4 is 16.0 Å². The molecule has 12 heteroatoms. The van der Waals surface area contributed by atoms with Gasteiger partial charge in [0.1, 0.15) is 5.69 Å². The van der Waals surface area contributed by atoms with E-state index in [0.29, 0.717) is 20.9 Å². The predicted octanol–water partition coefficient (Wildman–Crippen LogP) is 3.18. The molecule has 0 saturated heterocycles. The monoisotopic (exact) mass is 455 g/mol. The molecule has 0 saturated carbocycles. The number of carbonyl (C=O) groups is 2. The van der Waals surface area contributed by atoms with Gasteiger partial charge in [-0.2, -0.15) is 0 Å². The van der Waals surface area contributed by atoms with Gasteiger partial charge < -0.3 is 20.3 Å². The summed E-state index contributed by atoms with van der Waals surface area (Å²) < 4.78 is 4.82. The predicted molar refractivity (Wildman–Crippen MR) is 108 cm³/mol. The van der Waals surface area contributed by atoms with Crippen LogP contribution in [0, 0.1) is 0 Å². The second kappa shape index (κ2) is 9.70. The van der Waals surface area contributed by atoms with Gasteiger partial charge in [-0.25, -0.2) is 9.78 Å². The summed E-state index contributed by atoms with van der Waals surface area (Å²) >= 11 is 13.0. The Morgan fingerprint density at radius 2 is 1.93 bits per heavy atom. The standard InChI is InChI=1S/C17H15Cl2N5O4S/c18-12-2-1-9(3-13(12)19)5-21-16(27)23-17-22-11(8-29-17)6-20-15(26)14-4-10(7-25)24-28-14/h1-4,8,25H,5-7H2,(H,20,26)(H2,21,22,23,27). The topological polar surface area (TPSA) is 129 Å². The summed E-state index contributed by atoms with van der Waals surface area (Å²) in [5.74, 6) is -0.497. The van der Waals surface area contributed by atoms with E-state index in [-0.39, 0.29) is 31.2 Å². The van der Waals surface area contributed by atoms with Gasteiger partial charge in [0.05, 0.1) is 28.9 Å². The van der Waals surface area contributed by atoms with Gasteiger partial charge >= 0.3 is 6.03 Å². The van der Waals surface area contributed by atoms with Crippen LogP contribution in [0.3, 0.4) is 0 Å². The molecule has 1 aromatic carbocycles. The lowest BCUT2D eigenvalue weighted by atomic mass is 10.2. The first-order chi connectivity index (χ1) is 13.9. The van der Waals surface area contributed by atoms with Gasteiger partial charge in [-0.3, -0.25) is 10.1 Å². The second-order valence-electron chi connectivity index (χ2n) is 5.72. The molecule has 0 bridgehead atoms. The maximum atomic E-state index is 12.0. The average molecular weight is 456 g/mol. The zero-order chi connectivity index (χ0) is 20.8. The second-order valence-corrected chi connectivity index (χ2v) is 7.40. The smallest absolute Gasteiger partial charge is 0.321 e. The summed E-state index contributed by atoms with van der Waals surface area (Å²) in [5.41, 5.74) is 1.63. The highest BCUT2D eigenvalue weighted by atomic mass is 35.5. The van der Waals surface area contributed by atoms with Crippen molar-refractivity contribution in [3.63, 3.8) is 0 Å². The number of nitrogens with zero attached hydrogens (tertiary/aromatic N) is 2. The molecule has 0 spiro atoms. The van der Waals surface area contributed by atoms with Crippen LogP contribution in [0.25, 0.3) is 0 Å². The quantitative estimate of drug-likeness (QED) is 0.432. The van der Waals surface area contributed by atoms with Crippen LogP contribution in [-0.4, -0.2) is 27.2 Å². The SMILES string of the molecule is O=C(NCc1ccc(Cl)c(Cl)c1)Nc1nc(CNC(=O)c2cc(CO)no2)cs1. The van der Waals surface area contributed by atoms with Crippen molar-refractivity contribution >= 4 is 51.6 Å². The molecule has 4 N–H and O–H groups in total. The normalized spacial score (nSPS) is 10.6. The largest absolute Gasteiger partial charge is 0.390 e. The minimum atomic E-state index is -0.487. The molecule has 3 amide bonds. The maximum Gasteiger partial charge on any atom is 0.321 e. The van der Waals surface area contributed by atoms with Gasteiger partial charge in [0.25, 0.3) is 5.91 Å². The summed E-state index contributed by atoms with van der Waals surface area (Å²) in [7, 11) is 0. The van der Waals surface area contributed by atoms with Gasteiger partial charge in [-0.1, -0.05) is 34.4 Å². The van der Waals surface area contributed by atoms with Gasteiger partial charge in [0.2, 0.25) is 5.76 Å². The van der Waals surface area contributed by atoms with Crippen LogP contribution in [0.1, 0.15) is 27.5 Å². The van der Waals surface area contributed by atoms with Crippen molar-refractivity contribution in [1.29, 1.82) is 0 Å². The Morgan fingerprint density at radius 1 is 1.10 bits per heavy atom. The average Bonchev–Trinajstić information content (AvgIpc) is 3.36. The Bertz CT molecular complexity index is 1020. The molecule has 0 fully saturated rings. The van der Waals surface area contributed by atoms with Gasteiger partial charge in [-0.15, -0.1) is 11.3 Å². The number of hydrogen-bond acceptors (Lipinski definition) is 7. The Hall–Kier alpha value is -2.66. The number of urea groups is 1. The fourth-order valence-corrected chi connectivity index (χ4v) is 3.20. The van der Waals surface area contributed by atoms with E-state index in [4.69, 9.17) is 32.8 Å². The zero-order valence-electron chi connectivity index (χ0n) is 14.7. The molecule has 0 aliphatic heterocycles. The molecule has 152 valence electrons. The number of nitrogens with one attached hydrogen (secondary N) is 3. The first kappa shape index (κ1) is 21.1. The number of hydrogen-bond donors (Lipinski definition) is 4. The van der Waals surface area contributed by atoms with Crippen molar-refractivity contribution in [3.05, 3.63) is 62.4 Å². The number of rotatable bonds is 7. The molecule has 3 aromatic rings. The maximum absolute atomic E-state index is 12.0. The molecule has 0 aliphatic carbocycles. The summed E-state index contributed by atoms with van der Waals surface area (Å²) in [6, 6.07) is 6.01. The number of halogens is 2. The molecule has 2 heterocycles. The van der Waals surface area contributed by atoms with Gasteiger partial charge in [0, 0.05) is 18.0 Å². The Morgan fingerprint density at radius 3 is 2.66 bits per heavy atom. The number of carbonyl (C=O) groups excluding carboxylic acids is 2. The highest BCUT2D eigenvalue weighted by Gasteiger charge is 2.13. The number of aliphatic hydroxyl groups excluding tert-OH is 1. The molecule has 0 radical (unpaired) electrons. The summed E-state index contributed by atoms with van der Waals surface area (Å²) in [5, 5.41) is 23.3. The zero-order valence-corrected chi connectivity index (χ0v) is 17.1. The lowest BCUT2D eigenvalue weighted by molar-refractivity contribution is 0.0913.